The van der Waals surface area contributed by atoms with Gasteiger partial charge in [-0.25, -0.2) is 13.1 Å². The summed E-state index contributed by atoms with van der Waals surface area (Å²) in [6.45, 7) is 3.55. The number of ether oxygens (including phenoxy) is 1. The minimum absolute atomic E-state index is 0.00189. The van der Waals surface area contributed by atoms with Crippen LogP contribution in [0.25, 0.3) is 0 Å². The van der Waals surface area contributed by atoms with Crippen molar-refractivity contribution in [3.8, 4) is 0 Å². The maximum atomic E-state index is 11.9. The Morgan fingerprint density at radius 1 is 1.26 bits per heavy atom. The van der Waals surface area contributed by atoms with E-state index in [1.54, 1.807) is 24.3 Å². The van der Waals surface area contributed by atoms with E-state index in [9.17, 15) is 13.5 Å². The van der Waals surface area contributed by atoms with Crippen LogP contribution in [0.3, 0.4) is 0 Å². The molecule has 0 saturated heterocycles. The molecule has 1 aromatic carbocycles. The van der Waals surface area contributed by atoms with Crippen molar-refractivity contribution in [2.45, 2.75) is 26.0 Å². The minimum Gasteiger partial charge on any atom is -0.394 e. The van der Waals surface area contributed by atoms with Gasteiger partial charge in [-0.05, 0) is 19.4 Å². The average Bonchev–Trinajstić information content (AvgIpc) is 2.36. The number of sulfonamides is 1. The number of rotatable bonds is 8. The van der Waals surface area contributed by atoms with E-state index in [0.717, 1.165) is 5.56 Å². The van der Waals surface area contributed by atoms with Crippen LogP contribution in [-0.4, -0.2) is 38.6 Å². The van der Waals surface area contributed by atoms with Crippen LogP contribution in [0.4, 0.5) is 0 Å². The van der Waals surface area contributed by atoms with Crippen LogP contribution in [0, 0.1) is 0 Å². The lowest BCUT2D eigenvalue weighted by atomic mass is 10.1. The van der Waals surface area contributed by atoms with Crippen LogP contribution in [0.2, 0.25) is 0 Å². The molecule has 0 aliphatic heterocycles. The molecule has 0 bridgehead atoms. The van der Waals surface area contributed by atoms with Gasteiger partial charge in [0.05, 0.1) is 31.1 Å². The third kappa shape index (κ3) is 6.15. The number of aliphatic hydroxyl groups excluding tert-OH is 1. The van der Waals surface area contributed by atoms with Crippen LogP contribution in [-0.2, 0) is 14.8 Å². The largest absolute Gasteiger partial charge is 0.394 e. The zero-order chi connectivity index (χ0) is 14.3. The molecule has 108 valence electrons. The van der Waals surface area contributed by atoms with E-state index in [1.165, 1.54) is 0 Å². The number of hydrogen-bond acceptors (Lipinski definition) is 4. The second-order valence-electron chi connectivity index (χ2n) is 4.50. The zero-order valence-electron chi connectivity index (χ0n) is 11.2. The van der Waals surface area contributed by atoms with Gasteiger partial charge in [-0.1, -0.05) is 30.3 Å². The Balaban J connectivity index is 2.60. The van der Waals surface area contributed by atoms with Crippen LogP contribution < -0.4 is 4.72 Å². The molecule has 5 nitrogen and oxygen atoms in total. The summed E-state index contributed by atoms with van der Waals surface area (Å²) >= 11 is 0. The molecule has 19 heavy (non-hydrogen) atoms. The second-order valence-corrected chi connectivity index (χ2v) is 6.38. The average molecular weight is 287 g/mol. The number of aliphatic hydroxyl groups is 1. The van der Waals surface area contributed by atoms with E-state index in [1.807, 2.05) is 19.9 Å². The van der Waals surface area contributed by atoms with E-state index >= 15 is 0 Å². The molecule has 0 saturated carbocycles. The summed E-state index contributed by atoms with van der Waals surface area (Å²) in [5, 5.41) is 9.30. The predicted molar refractivity (Wildman–Crippen MR) is 74.3 cm³/mol. The summed E-state index contributed by atoms with van der Waals surface area (Å²) in [6, 6.07) is 8.36. The molecule has 0 aliphatic carbocycles. The lowest BCUT2D eigenvalue weighted by molar-refractivity contribution is 0.0910. The van der Waals surface area contributed by atoms with Crippen molar-refractivity contribution in [2.75, 3.05) is 19.0 Å². The third-order valence-electron chi connectivity index (χ3n) is 2.51. The zero-order valence-corrected chi connectivity index (χ0v) is 12.1. The first-order valence-corrected chi connectivity index (χ1v) is 7.87. The van der Waals surface area contributed by atoms with Gasteiger partial charge in [0.15, 0.2) is 0 Å². The highest BCUT2D eigenvalue weighted by atomic mass is 32.2. The molecular formula is C13H21NO4S. The first-order valence-electron chi connectivity index (χ1n) is 6.22. The van der Waals surface area contributed by atoms with Gasteiger partial charge >= 0.3 is 0 Å². The normalized spacial score (nSPS) is 13.7. The molecule has 0 aromatic heterocycles. The van der Waals surface area contributed by atoms with Crippen LogP contribution in [0.1, 0.15) is 25.5 Å². The molecule has 0 aliphatic rings. The highest BCUT2D eigenvalue weighted by Gasteiger charge is 2.18. The fourth-order valence-corrected chi connectivity index (χ4v) is 2.64. The number of benzene rings is 1. The molecule has 1 atom stereocenters. The number of nitrogens with one attached hydrogen (secondary N) is 1. The third-order valence-corrected chi connectivity index (χ3v) is 3.86. The van der Waals surface area contributed by atoms with Crippen LogP contribution in [0.5, 0.6) is 0 Å². The van der Waals surface area contributed by atoms with Crippen molar-refractivity contribution in [1.29, 1.82) is 0 Å². The van der Waals surface area contributed by atoms with Gasteiger partial charge in [0.1, 0.15) is 0 Å². The molecule has 1 rings (SSSR count). The molecule has 2 N–H and O–H groups in total. The fraction of sp³-hybridized carbons (Fsp3) is 0.538. The second kappa shape index (κ2) is 7.59. The summed E-state index contributed by atoms with van der Waals surface area (Å²) in [4.78, 5) is 0. The first-order chi connectivity index (χ1) is 8.94. The highest BCUT2D eigenvalue weighted by molar-refractivity contribution is 7.89. The van der Waals surface area contributed by atoms with Gasteiger partial charge in [-0.15, -0.1) is 0 Å². The van der Waals surface area contributed by atoms with Crippen molar-refractivity contribution in [1.82, 2.24) is 4.72 Å². The van der Waals surface area contributed by atoms with E-state index in [2.05, 4.69) is 4.72 Å². The Morgan fingerprint density at radius 3 is 2.42 bits per heavy atom. The SMILES string of the molecule is CC(C)OCCS(=O)(=O)NC(CO)c1ccccc1. The summed E-state index contributed by atoms with van der Waals surface area (Å²) in [5.74, 6) is -0.117. The van der Waals surface area contributed by atoms with Crippen molar-refractivity contribution in [3.05, 3.63) is 35.9 Å². The van der Waals surface area contributed by atoms with Gasteiger partial charge in [0, 0.05) is 0 Å². The lowest BCUT2D eigenvalue weighted by Crippen LogP contribution is -2.34. The topological polar surface area (TPSA) is 75.6 Å². The van der Waals surface area contributed by atoms with Crippen molar-refractivity contribution >= 4 is 10.0 Å². The maximum absolute atomic E-state index is 11.9. The van der Waals surface area contributed by atoms with Crippen LogP contribution >= 0.6 is 0 Å². The Labute approximate surface area is 114 Å². The van der Waals surface area contributed by atoms with Crippen molar-refractivity contribution < 1.29 is 18.3 Å². The van der Waals surface area contributed by atoms with Gasteiger partial charge < -0.3 is 9.84 Å². The smallest absolute Gasteiger partial charge is 0.214 e. The minimum atomic E-state index is -3.47. The van der Waals surface area contributed by atoms with Gasteiger partial charge in [-0.2, -0.15) is 0 Å². The van der Waals surface area contributed by atoms with Gasteiger partial charge in [-0.3, -0.25) is 0 Å². The summed E-state index contributed by atoms with van der Waals surface area (Å²) in [7, 11) is -3.47. The van der Waals surface area contributed by atoms with E-state index in [0.29, 0.717) is 0 Å². The molecular weight excluding hydrogens is 266 g/mol. The van der Waals surface area contributed by atoms with Gasteiger partial charge in [0.2, 0.25) is 10.0 Å². The predicted octanol–water partition coefficient (Wildman–Crippen LogP) is 1.06. The summed E-state index contributed by atoms with van der Waals surface area (Å²) < 4.78 is 31.4. The summed E-state index contributed by atoms with van der Waals surface area (Å²) in [6.07, 6.45) is -0.00189. The molecule has 6 heteroatoms. The van der Waals surface area contributed by atoms with E-state index < -0.39 is 16.1 Å². The highest BCUT2D eigenvalue weighted by Crippen LogP contribution is 2.12. The van der Waals surface area contributed by atoms with Crippen LogP contribution in [0.15, 0.2) is 30.3 Å². The maximum Gasteiger partial charge on any atom is 0.214 e. The fourth-order valence-electron chi connectivity index (χ4n) is 1.57. The molecule has 1 aromatic rings. The van der Waals surface area contributed by atoms with Crippen molar-refractivity contribution in [2.24, 2.45) is 0 Å². The van der Waals surface area contributed by atoms with E-state index in [4.69, 9.17) is 4.74 Å². The Hall–Kier alpha value is -0.950. The monoisotopic (exact) mass is 287 g/mol. The lowest BCUT2D eigenvalue weighted by Gasteiger charge is -2.17. The quantitative estimate of drug-likeness (QED) is 0.750. The molecule has 1 unspecified atom stereocenters. The molecule has 0 heterocycles. The Bertz CT molecular complexity index is 459. The number of hydrogen-bond donors (Lipinski definition) is 2. The first kappa shape index (κ1) is 16.1. The van der Waals surface area contributed by atoms with Gasteiger partial charge in [0.25, 0.3) is 0 Å². The molecule has 0 radical (unpaired) electrons. The molecule has 0 spiro atoms. The molecule has 0 fully saturated rings. The van der Waals surface area contributed by atoms with Crippen molar-refractivity contribution in [3.63, 3.8) is 0 Å². The van der Waals surface area contributed by atoms with E-state index in [-0.39, 0.29) is 25.1 Å². The standard InChI is InChI=1S/C13H21NO4S/c1-11(2)18-8-9-19(16,17)14-13(10-15)12-6-4-3-5-7-12/h3-7,11,13-15H,8-10H2,1-2H3. The Morgan fingerprint density at radius 2 is 1.89 bits per heavy atom. The summed E-state index contributed by atoms with van der Waals surface area (Å²) in [5.41, 5.74) is 0.735. The molecule has 0 amide bonds. The Kier molecular flexibility index (Phi) is 6.44.